The first-order valence-corrected chi connectivity index (χ1v) is 12.4. The average molecular weight is 419 g/mol. The van der Waals surface area contributed by atoms with Crippen molar-refractivity contribution in [3.05, 3.63) is 23.8 Å². The van der Waals surface area contributed by atoms with E-state index >= 15 is 0 Å². The topological polar surface area (TPSA) is 66.6 Å². The van der Waals surface area contributed by atoms with Crippen LogP contribution in [0.2, 0.25) is 0 Å². The van der Waals surface area contributed by atoms with Crippen LogP contribution < -0.4 is 10.6 Å². The number of unbranched alkanes of at least 4 members (excludes halogenated alkanes) is 15. The van der Waals surface area contributed by atoms with Gasteiger partial charge in [0.05, 0.1) is 16.9 Å². The van der Waals surface area contributed by atoms with Gasteiger partial charge in [0, 0.05) is 13.6 Å². The molecule has 0 aliphatic carbocycles. The molecular formula is C26H46N2O2. The minimum Gasteiger partial charge on any atom is -0.478 e. The summed E-state index contributed by atoms with van der Waals surface area (Å²) in [6, 6.07) is 4.98. The Morgan fingerprint density at radius 3 is 1.63 bits per heavy atom. The van der Waals surface area contributed by atoms with Gasteiger partial charge in [0.15, 0.2) is 0 Å². The molecule has 0 unspecified atom stereocenters. The van der Waals surface area contributed by atoms with Crippen molar-refractivity contribution in [1.29, 1.82) is 0 Å². The molecule has 0 radical (unpaired) electrons. The SMILES string of the molecule is CCCCCCCCCCCCCCCCCCN(C)c1ccc(C(=O)O)cc1N. The Labute approximate surface area is 185 Å². The van der Waals surface area contributed by atoms with E-state index in [1.165, 1.54) is 96.3 Å². The molecule has 0 atom stereocenters. The first-order valence-electron chi connectivity index (χ1n) is 12.4. The second-order valence-corrected chi connectivity index (χ2v) is 8.80. The summed E-state index contributed by atoms with van der Waals surface area (Å²) in [6.45, 7) is 3.23. The van der Waals surface area contributed by atoms with Crippen molar-refractivity contribution in [1.82, 2.24) is 0 Å². The van der Waals surface area contributed by atoms with Gasteiger partial charge >= 0.3 is 5.97 Å². The van der Waals surface area contributed by atoms with Crippen molar-refractivity contribution in [2.75, 3.05) is 24.2 Å². The third-order valence-corrected chi connectivity index (χ3v) is 6.03. The third-order valence-electron chi connectivity index (χ3n) is 6.03. The lowest BCUT2D eigenvalue weighted by molar-refractivity contribution is 0.0697. The lowest BCUT2D eigenvalue weighted by Gasteiger charge is -2.21. The number of hydrogen-bond acceptors (Lipinski definition) is 3. The van der Waals surface area contributed by atoms with E-state index in [4.69, 9.17) is 10.8 Å². The minimum atomic E-state index is -0.936. The second-order valence-electron chi connectivity index (χ2n) is 8.80. The lowest BCUT2D eigenvalue weighted by atomic mass is 10.0. The molecule has 0 aliphatic heterocycles. The van der Waals surface area contributed by atoms with Gasteiger partial charge in [0.2, 0.25) is 0 Å². The zero-order chi connectivity index (χ0) is 22.0. The van der Waals surface area contributed by atoms with Crippen LogP contribution in [-0.2, 0) is 0 Å². The number of nitrogens with zero attached hydrogens (tertiary/aromatic N) is 1. The zero-order valence-corrected chi connectivity index (χ0v) is 19.6. The van der Waals surface area contributed by atoms with Gasteiger partial charge in [-0.2, -0.15) is 0 Å². The number of hydrogen-bond donors (Lipinski definition) is 2. The number of nitrogen functional groups attached to an aromatic ring is 1. The Balaban J connectivity index is 1.93. The van der Waals surface area contributed by atoms with Crippen molar-refractivity contribution in [3.63, 3.8) is 0 Å². The Kier molecular flexibility index (Phi) is 14.9. The number of rotatable bonds is 19. The van der Waals surface area contributed by atoms with Crippen LogP contribution in [0.5, 0.6) is 0 Å². The monoisotopic (exact) mass is 418 g/mol. The van der Waals surface area contributed by atoms with Gasteiger partial charge in [0.1, 0.15) is 0 Å². The number of nitrogens with two attached hydrogens (primary N) is 1. The highest BCUT2D eigenvalue weighted by Gasteiger charge is 2.09. The Morgan fingerprint density at radius 1 is 0.800 bits per heavy atom. The number of aromatic carboxylic acids is 1. The summed E-state index contributed by atoms with van der Waals surface area (Å²) in [5.41, 5.74) is 7.71. The number of carboxylic acids is 1. The van der Waals surface area contributed by atoms with Gasteiger partial charge in [-0.15, -0.1) is 0 Å². The lowest BCUT2D eigenvalue weighted by Crippen LogP contribution is -2.20. The van der Waals surface area contributed by atoms with Crippen LogP contribution in [-0.4, -0.2) is 24.7 Å². The number of anilines is 2. The highest BCUT2D eigenvalue weighted by molar-refractivity contribution is 5.90. The van der Waals surface area contributed by atoms with E-state index in [0.717, 1.165) is 18.7 Å². The normalized spacial score (nSPS) is 11.0. The summed E-state index contributed by atoms with van der Waals surface area (Å²) in [7, 11) is 2.03. The van der Waals surface area contributed by atoms with Gasteiger partial charge in [0.25, 0.3) is 0 Å². The molecule has 1 aromatic carbocycles. The molecule has 0 heterocycles. The molecule has 1 rings (SSSR count). The fourth-order valence-electron chi connectivity index (χ4n) is 4.05. The first-order chi connectivity index (χ1) is 14.6. The van der Waals surface area contributed by atoms with Gasteiger partial charge in [-0.3, -0.25) is 0 Å². The molecule has 1 aromatic rings. The fraction of sp³-hybridized carbons (Fsp3) is 0.731. The zero-order valence-electron chi connectivity index (χ0n) is 19.6. The Morgan fingerprint density at radius 2 is 1.23 bits per heavy atom. The van der Waals surface area contributed by atoms with Crippen molar-refractivity contribution < 1.29 is 9.90 Å². The van der Waals surface area contributed by atoms with Crippen molar-refractivity contribution in [3.8, 4) is 0 Å². The van der Waals surface area contributed by atoms with E-state index < -0.39 is 5.97 Å². The van der Waals surface area contributed by atoms with Crippen LogP contribution in [0.4, 0.5) is 11.4 Å². The molecule has 4 heteroatoms. The maximum atomic E-state index is 11.0. The minimum absolute atomic E-state index is 0.243. The third kappa shape index (κ3) is 12.1. The van der Waals surface area contributed by atoms with Gasteiger partial charge in [-0.25, -0.2) is 4.79 Å². The quantitative estimate of drug-likeness (QED) is 0.179. The predicted molar refractivity (Wildman–Crippen MR) is 131 cm³/mol. The van der Waals surface area contributed by atoms with E-state index in [1.54, 1.807) is 12.1 Å². The summed E-state index contributed by atoms with van der Waals surface area (Å²) >= 11 is 0. The van der Waals surface area contributed by atoms with Crippen molar-refractivity contribution in [2.24, 2.45) is 0 Å². The average Bonchev–Trinajstić information content (AvgIpc) is 2.73. The standard InChI is InChI=1S/C26H46N2O2/c1-3-4-5-6-7-8-9-10-11-12-13-14-15-16-17-18-21-28(2)25-20-19-23(26(29)30)22-24(25)27/h19-20,22H,3-18,21,27H2,1-2H3,(H,29,30). The molecule has 3 N–H and O–H groups in total. The molecule has 0 saturated heterocycles. The summed E-state index contributed by atoms with van der Waals surface area (Å²) in [6.07, 6.45) is 22.0. The van der Waals surface area contributed by atoms with Crippen LogP contribution >= 0.6 is 0 Å². The first kappa shape index (κ1) is 26.3. The maximum absolute atomic E-state index is 11.0. The van der Waals surface area contributed by atoms with Crippen molar-refractivity contribution >= 4 is 17.3 Å². The van der Waals surface area contributed by atoms with Crippen molar-refractivity contribution in [2.45, 2.75) is 110 Å². The molecule has 0 amide bonds. The van der Waals surface area contributed by atoms with E-state index in [1.807, 2.05) is 13.1 Å². The van der Waals surface area contributed by atoms with Crippen LogP contribution in [0, 0.1) is 0 Å². The smallest absolute Gasteiger partial charge is 0.335 e. The van der Waals surface area contributed by atoms with Crippen LogP contribution in [0.25, 0.3) is 0 Å². The number of benzene rings is 1. The molecule has 0 bridgehead atoms. The van der Waals surface area contributed by atoms with Crippen LogP contribution in [0.3, 0.4) is 0 Å². The second kappa shape index (κ2) is 17.0. The van der Waals surface area contributed by atoms with E-state index in [0.29, 0.717) is 5.69 Å². The van der Waals surface area contributed by atoms with E-state index in [-0.39, 0.29) is 5.56 Å². The summed E-state index contributed by atoms with van der Waals surface area (Å²) in [5, 5.41) is 9.03. The van der Waals surface area contributed by atoms with Crippen LogP contribution in [0.15, 0.2) is 18.2 Å². The molecule has 30 heavy (non-hydrogen) atoms. The molecule has 0 aromatic heterocycles. The summed E-state index contributed by atoms with van der Waals surface area (Å²) in [5.74, 6) is -0.936. The largest absolute Gasteiger partial charge is 0.478 e. The van der Waals surface area contributed by atoms with Gasteiger partial charge in [-0.05, 0) is 24.6 Å². The Hall–Kier alpha value is -1.71. The summed E-state index contributed by atoms with van der Waals surface area (Å²) < 4.78 is 0. The molecule has 172 valence electrons. The summed E-state index contributed by atoms with van der Waals surface area (Å²) in [4.78, 5) is 13.1. The number of carboxylic acid groups (broad SMARTS) is 1. The van der Waals surface area contributed by atoms with Gasteiger partial charge in [-0.1, -0.05) is 103 Å². The molecule has 0 fully saturated rings. The van der Waals surface area contributed by atoms with Gasteiger partial charge < -0.3 is 15.7 Å². The fourth-order valence-corrected chi connectivity index (χ4v) is 4.05. The highest BCUT2D eigenvalue weighted by Crippen LogP contribution is 2.24. The van der Waals surface area contributed by atoms with Crippen LogP contribution in [0.1, 0.15) is 120 Å². The van der Waals surface area contributed by atoms with E-state index in [9.17, 15) is 4.79 Å². The molecule has 0 aliphatic rings. The molecule has 0 spiro atoms. The maximum Gasteiger partial charge on any atom is 0.335 e. The molecule has 0 saturated carbocycles. The molecule has 4 nitrogen and oxygen atoms in total. The number of carbonyl (C=O) groups is 1. The highest BCUT2D eigenvalue weighted by atomic mass is 16.4. The van der Waals surface area contributed by atoms with E-state index in [2.05, 4.69) is 11.8 Å². The Bertz CT molecular complexity index is 574. The predicted octanol–water partition coefficient (Wildman–Crippen LogP) is 7.66. The molecular weight excluding hydrogens is 372 g/mol.